The van der Waals surface area contributed by atoms with Crippen LogP contribution in [0.1, 0.15) is 29.8 Å². The first-order valence-electron chi connectivity index (χ1n) is 8.73. The van der Waals surface area contributed by atoms with Crippen molar-refractivity contribution in [1.82, 2.24) is 4.72 Å². The highest BCUT2D eigenvalue weighted by atomic mass is 32.2. The number of sulfonamides is 1. The lowest BCUT2D eigenvalue weighted by Crippen LogP contribution is -2.30. The minimum absolute atomic E-state index is 0.0804. The van der Waals surface area contributed by atoms with Crippen LogP contribution in [0.3, 0.4) is 0 Å². The minimum Gasteiger partial charge on any atom is -0.449 e. The molecule has 0 saturated carbocycles. The Bertz CT molecular complexity index is 1020. The van der Waals surface area contributed by atoms with Crippen LogP contribution < -0.4 is 10.0 Å². The Balaban J connectivity index is 2.04. The van der Waals surface area contributed by atoms with E-state index < -0.39 is 39.7 Å². The molecule has 0 radical (unpaired) electrons. The van der Waals surface area contributed by atoms with Crippen LogP contribution in [0.5, 0.6) is 0 Å². The number of rotatable bonds is 7. The Morgan fingerprint density at radius 3 is 2.30 bits per heavy atom. The molecule has 0 fully saturated rings. The van der Waals surface area contributed by atoms with Crippen molar-refractivity contribution in [2.24, 2.45) is 0 Å². The Morgan fingerprint density at radius 1 is 1.10 bits per heavy atom. The number of halogens is 3. The Morgan fingerprint density at radius 2 is 1.73 bits per heavy atom. The second kappa shape index (κ2) is 9.26. The zero-order valence-corrected chi connectivity index (χ0v) is 16.8. The van der Waals surface area contributed by atoms with Crippen molar-refractivity contribution in [2.75, 3.05) is 11.9 Å². The Kier molecular flexibility index (Phi) is 7.21. The molecule has 0 saturated heterocycles. The highest BCUT2D eigenvalue weighted by molar-refractivity contribution is 7.89. The number of hydrogen-bond acceptors (Lipinski definition) is 5. The molecule has 7 nitrogen and oxygen atoms in total. The summed E-state index contributed by atoms with van der Waals surface area (Å²) in [5.74, 6) is -1.70. The number of nitrogens with one attached hydrogen (secondary N) is 2. The molecule has 0 aromatic heterocycles. The van der Waals surface area contributed by atoms with Crippen LogP contribution in [0.2, 0.25) is 0 Å². The zero-order chi connectivity index (χ0) is 22.5. The molecular weight excluding hydrogens is 425 g/mol. The third kappa shape index (κ3) is 6.04. The topological polar surface area (TPSA) is 102 Å². The van der Waals surface area contributed by atoms with Crippen LogP contribution in [-0.2, 0) is 25.7 Å². The zero-order valence-electron chi connectivity index (χ0n) is 16.0. The summed E-state index contributed by atoms with van der Waals surface area (Å²) in [5.41, 5.74) is -0.856. The van der Waals surface area contributed by atoms with Gasteiger partial charge in [0.05, 0.1) is 16.0 Å². The third-order valence-electron chi connectivity index (χ3n) is 3.85. The quantitative estimate of drug-likeness (QED) is 0.639. The van der Waals surface area contributed by atoms with E-state index in [4.69, 9.17) is 4.74 Å². The van der Waals surface area contributed by atoms with Crippen molar-refractivity contribution < 1.29 is 35.9 Å². The molecule has 162 valence electrons. The second-order valence-corrected chi connectivity index (χ2v) is 7.91. The lowest BCUT2D eigenvalue weighted by Gasteiger charge is -2.14. The number of carbonyl (C=O) groups excluding carboxylic acids is 2. The molecule has 2 aromatic rings. The maximum Gasteiger partial charge on any atom is 0.416 e. The van der Waals surface area contributed by atoms with Crippen LogP contribution in [0.25, 0.3) is 0 Å². The fourth-order valence-corrected chi connectivity index (χ4v) is 3.42. The molecule has 0 bridgehead atoms. The van der Waals surface area contributed by atoms with E-state index in [-0.39, 0.29) is 22.7 Å². The molecule has 0 aliphatic rings. The van der Waals surface area contributed by atoms with E-state index in [0.29, 0.717) is 0 Å². The smallest absolute Gasteiger partial charge is 0.416 e. The summed E-state index contributed by atoms with van der Waals surface area (Å²) in [5, 5.41) is 2.34. The maximum absolute atomic E-state index is 12.6. The standard InChI is InChI=1S/C19H19F3N2O5S/c1-3-23-30(27,28)16-6-4-5-13(11-16)18(26)29-12(2)17(25)24-15-9-7-14(8-10-15)19(20,21)22/h4-12,23H,3H2,1-2H3,(H,24,25). The summed E-state index contributed by atoms with van der Waals surface area (Å²) in [7, 11) is -3.78. The molecule has 11 heteroatoms. The molecule has 0 spiro atoms. The van der Waals surface area contributed by atoms with Gasteiger partial charge in [0, 0.05) is 12.2 Å². The van der Waals surface area contributed by atoms with Gasteiger partial charge in [0.1, 0.15) is 0 Å². The molecule has 1 atom stereocenters. The number of alkyl halides is 3. The number of amides is 1. The first-order chi connectivity index (χ1) is 13.9. The predicted molar refractivity (Wildman–Crippen MR) is 102 cm³/mol. The van der Waals surface area contributed by atoms with Gasteiger partial charge >= 0.3 is 12.1 Å². The van der Waals surface area contributed by atoms with Gasteiger partial charge in [-0.3, -0.25) is 4.79 Å². The number of benzene rings is 2. The Hall–Kier alpha value is -2.92. The van der Waals surface area contributed by atoms with E-state index in [9.17, 15) is 31.2 Å². The summed E-state index contributed by atoms with van der Waals surface area (Å²) >= 11 is 0. The maximum atomic E-state index is 12.6. The summed E-state index contributed by atoms with van der Waals surface area (Å²) in [4.78, 5) is 24.3. The third-order valence-corrected chi connectivity index (χ3v) is 5.39. The largest absolute Gasteiger partial charge is 0.449 e. The van der Waals surface area contributed by atoms with Gasteiger partial charge in [-0.25, -0.2) is 17.9 Å². The van der Waals surface area contributed by atoms with Crippen molar-refractivity contribution in [1.29, 1.82) is 0 Å². The van der Waals surface area contributed by atoms with Crippen molar-refractivity contribution in [3.05, 3.63) is 59.7 Å². The van der Waals surface area contributed by atoms with Crippen molar-refractivity contribution >= 4 is 27.6 Å². The summed E-state index contributed by atoms with van der Waals surface area (Å²) in [6, 6.07) is 8.86. The molecule has 30 heavy (non-hydrogen) atoms. The van der Waals surface area contributed by atoms with E-state index >= 15 is 0 Å². The number of anilines is 1. The van der Waals surface area contributed by atoms with Crippen LogP contribution in [-0.4, -0.2) is 32.9 Å². The van der Waals surface area contributed by atoms with Gasteiger partial charge < -0.3 is 10.1 Å². The first-order valence-corrected chi connectivity index (χ1v) is 10.2. The summed E-state index contributed by atoms with van der Waals surface area (Å²) in [6.07, 6.45) is -5.78. The molecule has 2 rings (SSSR count). The average Bonchev–Trinajstić information content (AvgIpc) is 2.67. The van der Waals surface area contributed by atoms with E-state index in [0.717, 1.165) is 30.3 Å². The lowest BCUT2D eigenvalue weighted by molar-refractivity contribution is -0.137. The van der Waals surface area contributed by atoms with E-state index in [1.54, 1.807) is 6.92 Å². The van der Waals surface area contributed by atoms with Gasteiger partial charge in [-0.1, -0.05) is 13.0 Å². The molecule has 2 N–H and O–H groups in total. The van der Waals surface area contributed by atoms with Gasteiger partial charge in [-0.2, -0.15) is 13.2 Å². The molecule has 2 aromatic carbocycles. The molecule has 1 unspecified atom stereocenters. The molecule has 1 amide bonds. The highest BCUT2D eigenvalue weighted by Gasteiger charge is 2.30. The average molecular weight is 444 g/mol. The van der Waals surface area contributed by atoms with Gasteiger partial charge in [0.25, 0.3) is 5.91 Å². The summed E-state index contributed by atoms with van der Waals surface area (Å²) in [6.45, 7) is 3.04. The van der Waals surface area contributed by atoms with Crippen molar-refractivity contribution in [2.45, 2.75) is 31.0 Å². The van der Waals surface area contributed by atoms with E-state index in [1.807, 2.05) is 0 Å². The number of ether oxygens (including phenoxy) is 1. The van der Waals surface area contributed by atoms with Crippen LogP contribution >= 0.6 is 0 Å². The fourth-order valence-electron chi connectivity index (χ4n) is 2.33. The van der Waals surface area contributed by atoms with Gasteiger partial charge in [-0.05, 0) is 49.4 Å². The van der Waals surface area contributed by atoms with Gasteiger partial charge in [0.15, 0.2) is 6.10 Å². The van der Waals surface area contributed by atoms with E-state index in [2.05, 4.69) is 10.0 Å². The number of esters is 1. The van der Waals surface area contributed by atoms with Crippen LogP contribution in [0.15, 0.2) is 53.4 Å². The normalized spacial score (nSPS) is 12.8. The minimum atomic E-state index is -4.50. The molecule has 0 aliphatic heterocycles. The van der Waals surface area contributed by atoms with Crippen molar-refractivity contribution in [3.63, 3.8) is 0 Å². The number of carbonyl (C=O) groups is 2. The van der Waals surface area contributed by atoms with Crippen LogP contribution in [0, 0.1) is 0 Å². The molecular formula is C19H19F3N2O5S. The van der Waals surface area contributed by atoms with E-state index in [1.165, 1.54) is 25.1 Å². The highest BCUT2D eigenvalue weighted by Crippen LogP contribution is 2.29. The van der Waals surface area contributed by atoms with Gasteiger partial charge in [-0.15, -0.1) is 0 Å². The fraction of sp³-hybridized carbons (Fsp3) is 0.263. The summed E-state index contributed by atoms with van der Waals surface area (Å²) < 4.78 is 69.1. The molecule has 0 aliphatic carbocycles. The lowest BCUT2D eigenvalue weighted by atomic mass is 10.2. The van der Waals surface area contributed by atoms with Crippen LogP contribution in [0.4, 0.5) is 18.9 Å². The SMILES string of the molecule is CCNS(=O)(=O)c1cccc(C(=O)OC(C)C(=O)Nc2ccc(C(F)(F)F)cc2)c1. The van der Waals surface area contributed by atoms with Gasteiger partial charge in [0.2, 0.25) is 10.0 Å². The first kappa shape index (κ1) is 23.4. The molecule has 0 heterocycles. The Labute approximate surface area is 171 Å². The second-order valence-electron chi connectivity index (χ2n) is 6.14. The predicted octanol–water partition coefficient (Wildman–Crippen LogP) is 3.19. The number of hydrogen-bond donors (Lipinski definition) is 2. The monoisotopic (exact) mass is 444 g/mol. The van der Waals surface area contributed by atoms with Crippen molar-refractivity contribution in [3.8, 4) is 0 Å².